The summed E-state index contributed by atoms with van der Waals surface area (Å²) in [5.41, 5.74) is 1.17. The first-order valence-corrected chi connectivity index (χ1v) is 5.04. The molecule has 0 unspecified atom stereocenters. The van der Waals surface area contributed by atoms with Crippen LogP contribution in [-0.2, 0) is 4.79 Å². The van der Waals surface area contributed by atoms with Crippen molar-refractivity contribution in [3.8, 4) is 0 Å². The summed E-state index contributed by atoms with van der Waals surface area (Å²) in [6.45, 7) is 0. The highest BCUT2D eigenvalue weighted by Gasteiger charge is 2.14. The molecule has 1 N–H and O–H groups in total. The molecular weight excluding hydrogens is 190 g/mol. The predicted molar refractivity (Wildman–Crippen MR) is 59.7 cm³/mol. The molecule has 0 aliphatic rings. The van der Waals surface area contributed by atoms with Crippen LogP contribution in [0.25, 0.3) is 0 Å². The third kappa shape index (κ3) is 3.72. The van der Waals surface area contributed by atoms with Gasteiger partial charge in [0.15, 0.2) is 0 Å². The largest absolute Gasteiger partial charge is 0.481 e. The minimum Gasteiger partial charge on any atom is -0.481 e. The van der Waals surface area contributed by atoms with Crippen molar-refractivity contribution in [3.05, 3.63) is 35.9 Å². The quantitative estimate of drug-likeness (QED) is 0.804. The average molecular weight is 207 g/mol. The molecule has 15 heavy (non-hydrogen) atoms. The van der Waals surface area contributed by atoms with Gasteiger partial charge in [-0.1, -0.05) is 30.3 Å². The molecule has 82 valence electrons. The van der Waals surface area contributed by atoms with Crippen molar-refractivity contribution >= 4 is 5.97 Å². The van der Waals surface area contributed by atoms with Crippen LogP contribution in [0.1, 0.15) is 24.4 Å². The molecule has 0 saturated carbocycles. The standard InChI is InChI=1S/C12H17NO2/c1-13(2)11(8-9-12(14)15)10-6-4-3-5-7-10/h3-7,11H,8-9H2,1-2H3,(H,14,15)/t11-/m0/s1. The Morgan fingerprint density at radius 1 is 1.33 bits per heavy atom. The van der Waals surface area contributed by atoms with Crippen LogP contribution >= 0.6 is 0 Å². The van der Waals surface area contributed by atoms with E-state index in [4.69, 9.17) is 5.11 Å². The topological polar surface area (TPSA) is 40.5 Å². The maximum absolute atomic E-state index is 10.5. The summed E-state index contributed by atoms with van der Waals surface area (Å²) in [5, 5.41) is 8.67. The van der Waals surface area contributed by atoms with Gasteiger partial charge in [0.25, 0.3) is 0 Å². The van der Waals surface area contributed by atoms with Crippen LogP contribution in [0, 0.1) is 0 Å². The Labute approximate surface area is 90.3 Å². The fourth-order valence-corrected chi connectivity index (χ4v) is 1.66. The zero-order chi connectivity index (χ0) is 11.3. The normalized spacial score (nSPS) is 12.7. The van der Waals surface area contributed by atoms with Crippen LogP contribution in [0.4, 0.5) is 0 Å². The lowest BCUT2D eigenvalue weighted by Crippen LogP contribution is -2.20. The van der Waals surface area contributed by atoms with Crippen LogP contribution in [0.3, 0.4) is 0 Å². The molecule has 0 fully saturated rings. The van der Waals surface area contributed by atoms with E-state index in [1.807, 2.05) is 44.4 Å². The zero-order valence-electron chi connectivity index (χ0n) is 9.18. The summed E-state index contributed by atoms with van der Waals surface area (Å²) in [5.74, 6) is -0.738. The first-order valence-electron chi connectivity index (χ1n) is 5.04. The molecule has 1 aromatic carbocycles. The van der Waals surface area contributed by atoms with Gasteiger partial charge < -0.3 is 10.0 Å². The maximum atomic E-state index is 10.5. The van der Waals surface area contributed by atoms with Gasteiger partial charge >= 0.3 is 5.97 Å². The predicted octanol–water partition coefficient (Wildman–Crippen LogP) is 2.15. The Hall–Kier alpha value is -1.35. The summed E-state index contributed by atoms with van der Waals surface area (Å²) in [7, 11) is 3.94. The monoisotopic (exact) mass is 207 g/mol. The molecule has 0 aliphatic carbocycles. The van der Waals surface area contributed by atoms with Crippen molar-refractivity contribution in [2.24, 2.45) is 0 Å². The molecule has 0 amide bonds. The smallest absolute Gasteiger partial charge is 0.303 e. The Bertz CT molecular complexity index is 309. The van der Waals surface area contributed by atoms with Gasteiger partial charge in [0.1, 0.15) is 0 Å². The summed E-state index contributed by atoms with van der Waals surface area (Å²) in [4.78, 5) is 12.6. The number of nitrogens with zero attached hydrogens (tertiary/aromatic N) is 1. The molecule has 0 radical (unpaired) electrons. The van der Waals surface area contributed by atoms with Crippen molar-refractivity contribution in [1.29, 1.82) is 0 Å². The Balaban J connectivity index is 2.70. The minimum absolute atomic E-state index is 0.183. The molecule has 3 heteroatoms. The van der Waals surface area contributed by atoms with E-state index in [2.05, 4.69) is 4.90 Å². The number of carboxylic acids is 1. The van der Waals surface area contributed by atoms with E-state index < -0.39 is 5.97 Å². The maximum Gasteiger partial charge on any atom is 0.303 e. The number of hydrogen-bond acceptors (Lipinski definition) is 2. The van der Waals surface area contributed by atoms with Gasteiger partial charge in [-0.3, -0.25) is 4.79 Å². The van der Waals surface area contributed by atoms with Gasteiger partial charge in [-0.15, -0.1) is 0 Å². The summed E-state index contributed by atoms with van der Waals surface area (Å²) < 4.78 is 0. The van der Waals surface area contributed by atoms with E-state index in [9.17, 15) is 4.79 Å². The molecule has 3 nitrogen and oxygen atoms in total. The van der Waals surface area contributed by atoms with Crippen molar-refractivity contribution in [2.45, 2.75) is 18.9 Å². The molecule has 0 aliphatic heterocycles. The van der Waals surface area contributed by atoms with Gasteiger partial charge in [-0.05, 0) is 26.1 Å². The Kier molecular flexibility index (Phi) is 4.31. The van der Waals surface area contributed by atoms with E-state index in [0.717, 1.165) is 0 Å². The van der Waals surface area contributed by atoms with Gasteiger partial charge in [-0.25, -0.2) is 0 Å². The third-order valence-corrected chi connectivity index (χ3v) is 2.44. The van der Waals surface area contributed by atoms with Crippen LogP contribution < -0.4 is 0 Å². The van der Waals surface area contributed by atoms with Crippen molar-refractivity contribution in [2.75, 3.05) is 14.1 Å². The third-order valence-electron chi connectivity index (χ3n) is 2.44. The van der Waals surface area contributed by atoms with Crippen molar-refractivity contribution in [1.82, 2.24) is 4.90 Å². The number of carbonyl (C=O) groups is 1. The molecule has 1 rings (SSSR count). The number of aliphatic carboxylic acids is 1. The lowest BCUT2D eigenvalue weighted by Gasteiger charge is -2.24. The van der Waals surface area contributed by atoms with Crippen LogP contribution in [0.15, 0.2) is 30.3 Å². The van der Waals surface area contributed by atoms with Gasteiger partial charge in [0.05, 0.1) is 0 Å². The first kappa shape index (κ1) is 11.7. The summed E-state index contributed by atoms with van der Waals surface area (Å²) in [6.07, 6.45) is 0.851. The number of hydrogen-bond donors (Lipinski definition) is 1. The highest BCUT2D eigenvalue weighted by Crippen LogP contribution is 2.22. The van der Waals surface area contributed by atoms with E-state index in [-0.39, 0.29) is 12.5 Å². The minimum atomic E-state index is -0.738. The first-order chi connectivity index (χ1) is 7.11. The molecule has 1 aromatic rings. The second kappa shape index (κ2) is 5.51. The molecule has 0 aromatic heterocycles. The molecule has 0 saturated heterocycles. The van der Waals surface area contributed by atoms with Crippen molar-refractivity contribution < 1.29 is 9.90 Å². The SMILES string of the molecule is CN(C)[C@@H](CCC(=O)O)c1ccccc1. The van der Waals surface area contributed by atoms with E-state index >= 15 is 0 Å². The second-order valence-corrected chi connectivity index (χ2v) is 3.82. The molecule has 0 spiro atoms. The Morgan fingerprint density at radius 3 is 2.40 bits per heavy atom. The summed E-state index contributed by atoms with van der Waals surface area (Å²) >= 11 is 0. The lowest BCUT2D eigenvalue weighted by atomic mass is 10.0. The van der Waals surface area contributed by atoms with E-state index in [1.165, 1.54) is 5.56 Å². The molecule has 0 bridgehead atoms. The summed E-state index contributed by atoms with van der Waals surface area (Å²) in [6, 6.07) is 10.2. The highest BCUT2D eigenvalue weighted by atomic mass is 16.4. The fourth-order valence-electron chi connectivity index (χ4n) is 1.66. The number of benzene rings is 1. The van der Waals surface area contributed by atoms with E-state index in [1.54, 1.807) is 0 Å². The van der Waals surface area contributed by atoms with Crippen molar-refractivity contribution in [3.63, 3.8) is 0 Å². The molecule has 0 heterocycles. The fraction of sp³-hybridized carbons (Fsp3) is 0.417. The van der Waals surface area contributed by atoms with Gasteiger partial charge in [-0.2, -0.15) is 0 Å². The highest BCUT2D eigenvalue weighted by molar-refractivity contribution is 5.66. The van der Waals surface area contributed by atoms with Gasteiger partial charge in [0, 0.05) is 12.5 Å². The second-order valence-electron chi connectivity index (χ2n) is 3.82. The molecular formula is C12H17NO2. The van der Waals surface area contributed by atoms with Gasteiger partial charge in [0.2, 0.25) is 0 Å². The number of rotatable bonds is 5. The van der Waals surface area contributed by atoms with Crippen LogP contribution in [0.5, 0.6) is 0 Å². The average Bonchev–Trinajstić information content (AvgIpc) is 2.18. The number of carboxylic acid groups (broad SMARTS) is 1. The van der Waals surface area contributed by atoms with E-state index in [0.29, 0.717) is 6.42 Å². The van der Waals surface area contributed by atoms with Crippen LogP contribution in [-0.4, -0.2) is 30.1 Å². The zero-order valence-corrected chi connectivity index (χ0v) is 9.18. The lowest BCUT2D eigenvalue weighted by molar-refractivity contribution is -0.137. The molecule has 1 atom stereocenters. The van der Waals surface area contributed by atoms with Crippen LogP contribution in [0.2, 0.25) is 0 Å². The Morgan fingerprint density at radius 2 is 1.93 bits per heavy atom.